The molecule has 1 aromatic carbocycles. The van der Waals surface area contributed by atoms with Gasteiger partial charge in [-0.15, -0.1) is 0 Å². The van der Waals surface area contributed by atoms with E-state index in [1.807, 2.05) is 51.1 Å². The quantitative estimate of drug-likeness (QED) is 0.598. The Balaban J connectivity index is 2.32. The molecular formula is C16H20N4O. The van der Waals surface area contributed by atoms with E-state index < -0.39 is 0 Å². The lowest BCUT2D eigenvalue weighted by Gasteiger charge is -2.19. The van der Waals surface area contributed by atoms with Crippen LogP contribution >= 0.6 is 0 Å². The molecular weight excluding hydrogens is 264 g/mol. The van der Waals surface area contributed by atoms with Gasteiger partial charge in [-0.05, 0) is 24.3 Å². The first kappa shape index (κ1) is 15.0. The lowest BCUT2D eigenvalue weighted by atomic mass is 9.90. The van der Waals surface area contributed by atoms with Crippen LogP contribution in [0.4, 0.5) is 11.5 Å². The Morgan fingerprint density at radius 2 is 1.81 bits per heavy atom. The van der Waals surface area contributed by atoms with Crippen LogP contribution in [0.1, 0.15) is 36.8 Å². The van der Waals surface area contributed by atoms with Gasteiger partial charge < -0.3 is 10.7 Å². The highest BCUT2D eigenvalue weighted by Crippen LogP contribution is 2.23. The van der Waals surface area contributed by atoms with Crippen molar-refractivity contribution in [1.82, 2.24) is 4.98 Å². The first-order valence-corrected chi connectivity index (χ1v) is 6.76. The fourth-order valence-corrected chi connectivity index (χ4v) is 1.84. The molecule has 0 bridgehead atoms. The van der Waals surface area contributed by atoms with Gasteiger partial charge in [0, 0.05) is 22.4 Å². The van der Waals surface area contributed by atoms with Crippen molar-refractivity contribution in [2.75, 3.05) is 10.7 Å². The van der Waals surface area contributed by atoms with Gasteiger partial charge in [-0.2, -0.15) is 0 Å². The number of para-hydroxylation sites is 1. The van der Waals surface area contributed by atoms with Crippen molar-refractivity contribution in [3.63, 3.8) is 0 Å². The maximum absolute atomic E-state index is 12.4. The Kier molecular flexibility index (Phi) is 4.23. The number of hydrogen-bond donors (Lipinski definition) is 3. The van der Waals surface area contributed by atoms with E-state index in [0.717, 1.165) is 11.4 Å². The van der Waals surface area contributed by atoms with Crippen molar-refractivity contribution in [2.24, 2.45) is 5.84 Å². The number of rotatable bonds is 3. The Morgan fingerprint density at radius 1 is 1.14 bits per heavy atom. The SMILES string of the molecule is CC(C)(C)c1cc(C(=O)Nc2ccccc2)cc(NN)n1. The molecule has 2 aromatic rings. The number of anilines is 2. The summed E-state index contributed by atoms with van der Waals surface area (Å²) in [5.74, 6) is 5.72. The molecule has 0 fully saturated rings. The highest BCUT2D eigenvalue weighted by Gasteiger charge is 2.19. The van der Waals surface area contributed by atoms with Crippen LogP contribution < -0.4 is 16.6 Å². The molecule has 0 aliphatic carbocycles. The predicted octanol–water partition coefficient (Wildman–Crippen LogP) is 2.92. The second-order valence-corrected chi connectivity index (χ2v) is 5.84. The summed E-state index contributed by atoms with van der Waals surface area (Å²) in [5, 5.41) is 2.85. The summed E-state index contributed by atoms with van der Waals surface area (Å²) in [6.07, 6.45) is 0. The first-order chi connectivity index (χ1) is 9.90. The monoisotopic (exact) mass is 284 g/mol. The maximum Gasteiger partial charge on any atom is 0.255 e. The van der Waals surface area contributed by atoms with Gasteiger partial charge in [-0.3, -0.25) is 4.79 Å². The second-order valence-electron chi connectivity index (χ2n) is 5.84. The van der Waals surface area contributed by atoms with Crippen LogP contribution in [0.25, 0.3) is 0 Å². The number of carbonyl (C=O) groups excluding carboxylic acids is 1. The Bertz CT molecular complexity index is 632. The number of nitrogens with one attached hydrogen (secondary N) is 2. The summed E-state index contributed by atoms with van der Waals surface area (Å²) >= 11 is 0. The molecule has 5 heteroatoms. The van der Waals surface area contributed by atoms with Gasteiger partial charge in [0.15, 0.2) is 0 Å². The number of nitrogens with zero attached hydrogens (tertiary/aromatic N) is 1. The predicted molar refractivity (Wildman–Crippen MR) is 85.1 cm³/mol. The molecule has 0 atom stereocenters. The van der Waals surface area contributed by atoms with E-state index >= 15 is 0 Å². The summed E-state index contributed by atoms with van der Waals surface area (Å²) in [6, 6.07) is 12.7. The summed E-state index contributed by atoms with van der Waals surface area (Å²) < 4.78 is 0. The first-order valence-electron chi connectivity index (χ1n) is 6.76. The molecule has 2 rings (SSSR count). The Labute approximate surface area is 124 Å². The van der Waals surface area contributed by atoms with Gasteiger partial charge >= 0.3 is 0 Å². The van der Waals surface area contributed by atoms with Gasteiger partial charge in [-0.1, -0.05) is 39.0 Å². The maximum atomic E-state index is 12.4. The highest BCUT2D eigenvalue weighted by molar-refractivity contribution is 6.04. The molecule has 110 valence electrons. The van der Waals surface area contributed by atoms with E-state index in [0.29, 0.717) is 11.4 Å². The van der Waals surface area contributed by atoms with Crippen molar-refractivity contribution < 1.29 is 4.79 Å². The molecule has 0 saturated carbocycles. The van der Waals surface area contributed by atoms with Crippen molar-refractivity contribution in [1.29, 1.82) is 0 Å². The molecule has 0 radical (unpaired) electrons. The van der Waals surface area contributed by atoms with E-state index in [2.05, 4.69) is 15.7 Å². The molecule has 21 heavy (non-hydrogen) atoms. The van der Waals surface area contributed by atoms with Crippen LogP contribution in [0.5, 0.6) is 0 Å². The number of hydrogen-bond acceptors (Lipinski definition) is 4. The van der Waals surface area contributed by atoms with Crippen LogP contribution in [0.15, 0.2) is 42.5 Å². The van der Waals surface area contributed by atoms with Gasteiger partial charge in [-0.25, -0.2) is 10.8 Å². The fraction of sp³-hybridized carbons (Fsp3) is 0.250. The van der Waals surface area contributed by atoms with E-state index in [4.69, 9.17) is 5.84 Å². The normalized spacial score (nSPS) is 11.0. The molecule has 1 heterocycles. The van der Waals surface area contributed by atoms with Gasteiger partial charge in [0.05, 0.1) is 0 Å². The number of hydrazine groups is 1. The van der Waals surface area contributed by atoms with Crippen molar-refractivity contribution in [2.45, 2.75) is 26.2 Å². The highest BCUT2D eigenvalue weighted by atomic mass is 16.1. The van der Waals surface area contributed by atoms with E-state index in [9.17, 15) is 4.79 Å². The molecule has 1 amide bonds. The zero-order valence-corrected chi connectivity index (χ0v) is 12.5. The average Bonchev–Trinajstić information content (AvgIpc) is 2.46. The lowest BCUT2D eigenvalue weighted by molar-refractivity contribution is 0.102. The molecule has 1 aromatic heterocycles. The van der Waals surface area contributed by atoms with Gasteiger partial charge in [0.25, 0.3) is 5.91 Å². The lowest BCUT2D eigenvalue weighted by Crippen LogP contribution is -2.20. The number of carbonyl (C=O) groups is 1. The third kappa shape index (κ3) is 3.79. The second kappa shape index (κ2) is 5.93. The third-order valence-electron chi connectivity index (χ3n) is 3.04. The summed E-state index contributed by atoms with van der Waals surface area (Å²) in [6.45, 7) is 6.11. The largest absolute Gasteiger partial charge is 0.322 e. The number of pyridine rings is 1. The summed E-state index contributed by atoms with van der Waals surface area (Å²) in [4.78, 5) is 16.8. The van der Waals surface area contributed by atoms with E-state index in [1.165, 1.54) is 0 Å². The fourth-order valence-electron chi connectivity index (χ4n) is 1.84. The molecule has 5 nitrogen and oxygen atoms in total. The number of nitrogen functional groups attached to an aromatic ring is 1. The number of benzene rings is 1. The standard InChI is InChI=1S/C16H20N4O/c1-16(2,3)13-9-11(10-14(19-13)20-17)15(21)18-12-7-5-4-6-8-12/h4-10H,17H2,1-3H3,(H,18,21)(H,19,20). The van der Waals surface area contributed by atoms with Crippen molar-refractivity contribution >= 4 is 17.4 Å². The summed E-state index contributed by atoms with van der Waals surface area (Å²) in [5.41, 5.74) is 4.41. The molecule has 0 saturated heterocycles. The smallest absolute Gasteiger partial charge is 0.255 e. The Morgan fingerprint density at radius 3 is 2.38 bits per heavy atom. The Hall–Kier alpha value is -2.40. The minimum Gasteiger partial charge on any atom is -0.322 e. The zero-order chi connectivity index (χ0) is 15.5. The van der Waals surface area contributed by atoms with Gasteiger partial charge in [0.2, 0.25) is 0 Å². The van der Waals surface area contributed by atoms with Crippen LogP contribution in [0.3, 0.4) is 0 Å². The van der Waals surface area contributed by atoms with Crippen LogP contribution in [0, 0.1) is 0 Å². The van der Waals surface area contributed by atoms with Crippen LogP contribution in [-0.4, -0.2) is 10.9 Å². The zero-order valence-electron chi connectivity index (χ0n) is 12.5. The number of nitrogens with two attached hydrogens (primary N) is 1. The third-order valence-corrected chi connectivity index (χ3v) is 3.04. The number of aromatic nitrogens is 1. The van der Waals surface area contributed by atoms with E-state index in [1.54, 1.807) is 12.1 Å². The minimum absolute atomic E-state index is 0.172. The number of amides is 1. The van der Waals surface area contributed by atoms with Crippen LogP contribution in [-0.2, 0) is 5.41 Å². The van der Waals surface area contributed by atoms with Crippen molar-refractivity contribution in [3.05, 3.63) is 53.7 Å². The molecule has 0 aliphatic heterocycles. The molecule has 0 spiro atoms. The van der Waals surface area contributed by atoms with Crippen LogP contribution in [0.2, 0.25) is 0 Å². The minimum atomic E-state index is -0.189. The van der Waals surface area contributed by atoms with Gasteiger partial charge in [0.1, 0.15) is 5.82 Å². The molecule has 0 aliphatic rings. The molecule has 4 N–H and O–H groups in total. The van der Waals surface area contributed by atoms with Crippen molar-refractivity contribution in [3.8, 4) is 0 Å². The topological polar surface area (TPSA) is 80.0 Å². The summed E-state index contributed by atoms with van der Waals surface area (Å²) in [7, 11) is 0. The average molecular weight is 284 g/mol. The van der Waals surface area contributed by atoms with E-state index in [-0.39, 0.29) is 11.3 Å². The molecule has 0 unspecified atom stereocenters.